The third kappa shape index (κ3) is 3.48. The van der Waals surface area contributed by atoms with Gasteiger partial charge in [0.15, 0.2) is 0 Å². The first-order valence-corrected chi connectivity index (χ1v) is 9.16. The highest BCUT2D eigenvalue weighted by Crippen LogP contribution is 2.27. The van der Waals surface area contributed by atoms with E-state index in [4.69, 9.17) is 0 Å². The lowest BCUT2D eigenvalue weighted by Gasteiger charge is -2.13. The lowest BCUT2D eigenvalue weighted by molar-refractivity contribution is 0.521. The van der Waals surface area contributed by atoms with Gasteiger partial charge in [0.1, 0.15) is 5.65 Å². The number of sulfonamides is 1. The van der Waals surface area contributed by atoms with Gasteiger partial charge in [-0.2, -0.15) is 0 Å². The van der Waals surface area contributed by atoms with Crippen molar-refractivity contribution in [3.05, 3.63) is 35.8 Å². The van der Waals surface area contributed by atoms with Gasteiger partial charge in [-0.25, -0.2) is 18.1 Å². The first-order chi connectivity index (χ1) is 10.5. The summed E-state index contributed by atoms with van der Waals surface area (Å²) in [6.45, 7) is 5.04. The third-order valence-corrected chi connectivity index (χ3v) is 5.85. The first kappa shape index (κ1) is 15.5. The Morgan fingerprint density at radius 2 is 2.18 bits per heavy atom. The molecule has 0 unspecified atom stereocenters. The predicted octanol–water partition coefficient (Wildman–Crippen LogP) is 1.20. The Hall–Kier alpha value is -1.44. The number of imidazole rings is 1. The van der Waals surface area contributed by atoms with Crippen molar-refractivity contribution in [3.8, 4) is 0 Å². The fraction of sp³-hybridized carbons (Fsp3) is 0.533. The van der Waals surface area contributed by atoms with Crippen molar-refractivity contribution < 1.29 is 8.42 Å². The second-order valence-corrected chi connectivity index (χ2v) is 8.05. The van der Waals surface area contributed by atoms with Crippen LogP contribution in [-0.4, -0.2) is 35.6 Å². The van der Waals surface area contributed by atoms with Crippen molar-refractivity contribution in [1.82, 2.24) is 19.4 Å². The number of rotatable bonds is 7. The van der Waals surface area contributed by atoms with E-state index in [9.17, 15) is 8.42 Å². The maximum absolute atomic E-state index is 11.8. The van der Waals surface area contributed by atoms with Gasteiger partial charge in [0.05, 0.1) is 10.9 Å². The number of nitrogens with zero attached hydrogens (tertiary/aromatic N) is 2. The molecule has 2 aromatic rings. The van der Waals surface area contributed by atoms with Crippen molar-refractivity contribution in [2.45, 2.75) is 44.5 Å². The summed E-state index contributed by atoms with van der Waals surface area (Å²) in [5.41, 5.74) is 3.02. The summed E-state index contributed by atoms with van der Waals surface area (Å²) < 4.78 is 28.3. The summed E-state index contributed by atoms with van der Waals surface area (Å²) in [4.78, 5) is 4.55. The molecule has 1 fully saturated rings. The van der Waals surface area contributed by atoms with Gasteiger partial charge in [-0.05, 0) is 38.8 Å². The molecule has 0 amide bonds. The van der Waals surface area contributed by atoms with Gasteiger partial charge in [-0.3, -0.25) is 0 Å². The van der Waals surface area contributed by atoms with Gasteiger partial charge < -0.3 is 9.72 Å². The number of hydrogen-bond donors (Lipinski definition) is 2. The molecule has 120 valence electrons. The number of hydrogen-bond acceptors (Lipinski definition) is 4. The molecule has 0 spiro atoms. The molecule has 2 N–H and O–H groups in total. The van der Waals surface area contributed by atoms with Gasteiger partial charge >= 0.3 is 0 Å². The van der Waals surface area contributed by atoms with Crippen molar-refractivity contribution in [2.24, 2.45) is 0 Å². The number of aryl methyl sites for hydroxylation is 1. The monoisotopic (exact) mass is 322 g/mol. The van der Waals surface area contributed by atoms with Crippen LogP contribution in [0.3, 0.4) is 0 Å². The lowest BCUT2D eigenvalue weighted by atomic mass is 10.3. The Kier molecular flexibility index (Phi) is 4.20. The van der Waals surface area contributed by atoms with Crippen LogP contribution < -0.4 is 10.0 Å². The zero-order valence-electron chi connectivity index (χ0n) is 12.9. The molecule has 0 bridgehead atoms. The van der Waals surface area contributed by atoms with E-state index in [1.54, 1.807) is 0 Å². The maximum Gasteiger partial charge on any atom is 0.214 e. The largest absolute Gasteiger partial charge is 0.307 e. The Morgan fingerprint density at radius 3 is 2.86 bits per heavy atom. The van der Waals surface area contributed by atoms with Crippen LogP contribution in [-0.2, 0) is 16.6 Å². The van der Waals surface area contributed by atoms with E-state index in [1.165, 1.54) is 0 Å². The summed E-state index contributed by atoms with van der Waals surface area (Å²) in [6, 6.07) is 6.06. The van der Waals surface area contributed by atoms with Crippen molar-refractivity contribution in [2.75, 3.05) is 6.54 Å². The van der Waals surface area contributed by atoms with Crippen molar-refractivity contribution >= 4 is 15.7 Å². The molecule has 0 aliphatic heterocycles. The first-order valence-electron chi connectivity index (χ1n) is 7.61. The minimum Gasteiger partial charge on any atom is -0.307 e. The van der Waals surface area contributed by atoms with E-state index in [1.807, 2.05) is 38.2 Å². The molecule has 1 atom stereocenters. The van der Waals surface area contributed by atoms with E-state index < -0.39 is 10.0 Å². The van der Waals surface area contributed by atoms with Gasteiger partial charge in [0.2, 0.25) is 10.0 Å². The standard InChI is InChI=1S/C15H22N4O2S/c1-11(8-17-22(20,21)14-6-7-14)16-9-13-10-19-12(2)4-3-5-15(19)18-13/h3-5,10-11,14,16-17H,6-9H2,1-2H3/t11-/m1/s1. The quantitative estimate of drug-likeness (QED) is 0.803. The smallest absolute Gasteiger partial charge is 0.214 e. The second-order valence-electron chi connectivity index (χ2n) is 6.00. The number of aromatic nitrogens is 2. The van der Waals surface area contributed by atoms with Crippen LogP contribution in [0.5, 0.6) is 0 Å². The van der Waals surface area contributed by atoms with Gasteiger partial charge in [0.25, 0.3) is 0 Å². The third-order valence-electron chi connectivity index (χ3n) is 3.93. The van der Waals surface area contributed by atoms with E-state index >= 15 is 0 Å². The van der Waals surface area contributed by atoms with Crippen molar-refractivity contribution in [1.29, 1.82) is 0 Å². The lowest BCUT2D eigenvalue weighted by Crippen LogP contribution is -2.39. The summed E-state index contributed by atoms with van der Waals surface area (Å²) in [7, 11) is -3.10. The average molecular weight is 322 g/mol. The Morgan fingerprint density at radius 1 is 1.41 bits per heavy atom. The maximum atomic E-state index is 11.8. The van der Waals surface area contributed by atoms with Crippen LogP contribution >= 0.6 is 0 Å². The molecule has 1 aliphatic rings. The highest BCUT2D eigenvalue weighted by Gasteiger charge is 2.35. The summed E-state index contributed by atoms with van der Waals surface area (Å²) >= 11 is 0. The molecule has 2 heterocycles. The molecule has 1 saturated carbocycles. The van der Waals surface area contributed by atoms with E-state index in [-0.39, 0.29) is 11.3 Å². The minimum absolute atomic E-state index is 0.0550. The van der Waals surface area contributed by atoms with Crippen LogP contribution in [0.1, 0.15) is 31.2 Å². The highest BCUT2D eigenvalue weighted by atomic mass is 32.2. The van der Waals surface area contributed by atoms with Gasteiger partial charge in [0, 0.05) is 31.0 Å². The number of fused-ring (bicyclic) bond motifs is 1. The number of pyridine rings is 1. The molecule has 0 aromatic carbocycles. The fourth-order valence-electron chi connectivity index (χ4n) is 2.37. The van der Waals surface area contributed by atoms with Crippen LogP contribution in [0.15, 0.2) is 24.4 Å². The second kappa shape index (κ2) is 5.98. The van der Waals surface area contributed by atoms with Crippen LogP contribution in [0.4, 0.5) is 0 Å². The minimum atomic E-state index is -3.10. The number of nitrogens with one attached hydrogen (secondary N) is 2. The van der Waals surface area contributed by atoms with Crippen LogP contribution in [0, 0.1) is 6.92 Å². The fourth-order valence-corrected chi connectivity index (χ4v) is 3.85. The van der Waals surface area contributed by atoms with Crippen molar-refractivity contribution in [3.63, 3.8) is 0 Å². The Labute approximate surface area is 131 Å². The summed E-state index contributed by atoms with van der Waals surface area (Å²) in [5, 5.41) is 3.14. The SMILES string of the molecule is Cc1cccc2nc(CN[C@H](C)CNS(=O)(=O)C3CC3)cn12. The van der Waals surface area contributed by atoms with Gasteiger partial charge in [-0.15, -0.1) is 0 Å². The summed E-state index contributed by atoms with van der Waals surface area (Å²) in [5.74, 6) is 0. The molecule has 22 heavy (non-hydrogen) atoms. The Bertz CT molecular complexity index is 765. The molecule has 2 aromatic heterocycles. The molecule has 6 nitrogen and oxygen atoms in total. The van der Waals surface area contributed by atoms with E-state index in [0.717, 1.165) is 29.9 Å². The molecular weight excluding hydrogens is 300 g/mol. The molecule has 1 aliphatic carbocycles. The van der Waals surface area contributed by atoms with Crippen LogP contribution in [0.2, 0.25) is 0 Å². The normalized spacial score (nSPS) is 17.0. The summed E-state index contributed by atoms with van der Waals surface area (Å²) in [6.07, 6.45) is 3.59. The molecule has 7 heteroatoms. The van der Waals surface area contributed by atoms with Gasteiger partial charge in [-0.1, -0.05) is 6.07 Å². The Balaban J connectivity index is 1.53. The van der Waals surface area contributed by atoms with E-state index in [2.05, 4.69) is 19.4 Å². The predicted molar refractivity (Wildman–Crippen MR) is 86.2 cm³/mol. The molecular formula is C15H22N4O2S. The van der Waals surface area contributed by atoms with E-state index in [0.29, 0.717) is 13.1 Å². The molecule has 3 rings (SSSR count). The topological polar surface area (TPSA) is 75.5 Å². The zero-order valence-corrected chi connectivity index (χ0v) is 13.7. The molecule has 0 radical (unpaired) electrons. The zero-order chi connectivity index (χ0) is 15.7. The highest BCUT2D eigenvalue weighted by molar-refractivity contribution is 7.90. The van der Waals surface area contributed by atoms with Crippen LogP contribution in [0.25, 0.3) is 5.65 Å². The average Bonchev–Trinajstić information content (AvgIpc) is 3.25. The molecule has 0 saturated heterocycles.